The van der Waals surface area contributed by atoms with E-state index in [1.807, 2.05) is 0 Å². The lowest BCUT2D eigenvalue weighted by molar-refractivity contribution is 0.0907. The van der Waals surface area contributed by atoms with E-state index in [-0.39, 0.29) is 34.1 Å². The van der Waals surface area contributed by atoms with Crippen molar-refractivity contribution in [3.8, 4) is 11.5 Å². The number of fused-ring (bicyclic) bond motifs is 1. The monoisotopic (exact) mass is 348 g/mol. The average molecular weight is 348 g/mol. The Labute approximate surface area is 138 Å². The number of aliphatic hydroxyl groups is 1. The Morgan fingerprint density at radius 3 is 2.83 bits per heavy atom. The maximum absolute atomic E-state index is 14.0. The van der Waals surface area contributed by atoms with Gasteiger partial charge in [-0.15, -0.1) is 0 Å². The van der Waals surface area contributed by atoms with Crippen molar-refractivity contribution in [2.75, 3.05) is 6.26 Å². The molecule has 0 aliphatic heterocycles. The summed E-state index contributed by atoms with van der Waals surface area (Å²) in [6.45, 7) is 6.97. The smallest absolute Gasteiger partial charge is 0.208 e. The first-order valence-corrected chi connectivity index (χ1v) is 8.88. The molecule has 2 atom stereocenters. The van der Waals surface area contributed by atoms with Gasteiger partial charge in [0.05, 0.1) is 17.7 Å². The molecule has 1 aromatic heterocycles. The lowest BCUT2D eigenvalue weighted by Crippen LogP contribution is -2.10. The zero-order valence-electron chi connectivity index (χ0n) is 12.6. The summed E-state index contributed by atoms with van der Waals surface area (Å²) in [7, 11) is -3.62. The minimum absolute atomic E-state index is 0.0387. The van der Waals surface area contributed by atoms with E-state index < -0.39 is 22.1 Å². The number of nitrogens with zero attached hydrogens (tertiary/aromatic N) is 2. The SMILES string of the molecule is [C-]#[N+]c1cncc(Oc2ccc(S(C)(=O)=O)c3c2C[C@@H](F)[C@H]3O)c1. The summed E-state index contributed by atoms with van der Waals surface area (Å²) in [4.78, 5) is 7.01. The number of hydrogen-bond acceptors (Lipinski definition) is 5. The number of sulfone groups is 1. The van der Waals surface area contributed by atoms with Crippen molar-refractivity contribution in [1.29, 1.82) is 0 Å². The van der Waals surface area contributed by atoms with Crippen LogP contribution in [0.15, 0.2) is 35.5 Å². The summed E-state index contributed by atoms with van der Waals surface area (Å²) in [6, 6.07) is 4.18. The third-order valence-corrected chi connectivity index (χ3v) is 4.92. The predicted octanol–water partition coefficient (Wildman–Crippen LogP) is 2.76. The van der Waals surface area contributed by atoms with E-state index in [2.05, 4.69) is 9.83 Å². The summed E-state index contributed by atoms with van der Waals surface area (Å²) >= 11 is 0. The summed E-state index contributed by atoms with van der Waals surface area (Å²) in [5.74, 6) is 0.509. The van der Waals surface area contributed by atoms with E-state index in [0.717, 1.165) is 6.26 Å². The minimum atomic E-state index is -3.62. The molecule has 0 fully saturated rings. The Balaban J connectivity index is 2.10. The molecule has 8 heteroatoms. The van der Waals surface area contributed by atoms with Crippen molar-refractivity contribution < 1.29 is 22.7 Å². The maximum Gasteiger partial charge on any atom is 0.208 e. The molecule has 0 saturated heterocycles. The summed E-state index contributed by atoms with van der Waals surface area (Å²) in [6.07, 6.45) is 0.511. The predicted molar refractivity (Wildman–Crippen MR) is 83.7 cm³/mol. The van der Waals surface area contributed by atoms with E-state index in [4.69, 9.17) is 11.3 Å². The summed E-state index contributed by atoms with van der Waals surface area (Å²) in [5, 5.41) is 10.0. The molecule has 3 rings (SSSR count). The van der Waals surface area contributed by atoms with Crippen LogP contribution in [0.4, 0.5) is 10.1 Å². The molecular weight excluding hydrogens is 335 g/mol. The van der Waals surface area contributed by atoms with Crippen molar-refractivity contribution >= 4 is 15.5 Å². The van der Waals surface area contributed by atoms with Gasteiger partial charge in [-0.1, -0.05) is 0 Å². The molecule has 0 amide bonds. The lowest BCUT2D eigenvalue weighted by atomic mass is 10.1. The third kappa shape index (κ3) is 2.84. The van der Waals surface area contributed by atoms with Gasteiger partial charge in [-0.2, -0.15) is 0 Å². The van der Waals surface area contributed by atoms with Gasteiger partial charge in [-0.25, -0.2) is 17.7 Å². The summed E-state index contributed by atoms with van der Waals surface area (Å²) < 4.78 is 43.4. The molecule has 1 aliphatic rings. The molecule has 0 saturated carbocycles. The quantitative estimate of drug-likeness (QED) is 0.863. The first-order chi connectivity index (χ1) is 11.3. The molecule has 0 spiro atoms. The topological polar surface area (TPSA) is 80.8 Å². The van der Waals surface area contributed by atoms with Gasteiger partial charge in [0.15, 0.2) is 9.84 Å². The molecule has 0 radical (unpaired) electrons. The fourth-order valence-corrected chi connectivity index (χ4v) is 3.67. The first-order valence-electron chi connectivity index (χ1n) is 6.99. The molecule has 0 unspecified atom stereocenters. The number of benzene rings is 1. The number of pyridine rings is 1. The molecule has 124 valence electrons. The number of hydrogen-bond donors (Lipinski definition) is 1. The number of alkyl halides is 1. The second-order valence-corrected chi connectivity index (χ2v) is 7.47. The van der Waals surface area contributed by atoms with Crippen molar-refractivity contribution in [3.63, 3.8) is 0 Å². The lowest BCUT2D eigenvalue weighted by Gasteiger charge is -2.14. The van der Waals surface area contributed by atoms with Crippen LogP contribution in [-0.4, -0.2) is 30.9 Å². The van der Waals surface area contributed by atoms with Crippen LogP contribution in [-0.2, 0) is 16.3 Å². The Morgan fingerprint density at radius 1 is 1.42 bits per heavy atom. The number of ether oxygens (including phenoxy) is 1. The summed E-state index contributed by atoms with van der Waals surface area (Å²) in [5.41, 5.74) is 0.628. The second kappa shape index (κ2) is 5.85. The van der Waals surface area contributed by atoms with Gasteiger partial charge in [0.25, 0.3) is 0 Å². The molecule has 2 aromatic rings. The van der Waals surface area contributed by atoms with Gasteiger partial charge in [-0.05, 0) is 18.2 Å². The highest BCUT2D eigenvalue weighted by molar-refractivity contribution is 7.90. The number of aliphatic hydroxyl groups excluding tert-OH is 1. The molecule has 6 nitrogen and oxygen atoms in total. The van der Waals surface area contributed by atoms with Gasteiger partial charge in [0.2, 0.25) is 5.69 Å². The first kappa shape index (κ1) is 16.4. The van der Waals surface area contributed by atoms with Gasteiger partial charge in [0.1, 0.15) is 23.8 Å². The number of aromatic nitrogens is 1. The Hall–Kier alpha value is -2.50. The molecule has 24 heavy (non-hydrogen) atoms. The van der Waals surface area contributed by atoms with E-state index in [1.54, 1.807) is 0 Å². The molecule has 1 heterocycles. The van der Waals surface area contributed by atoms with Crippen molar-refractivity contribution in [2.24, 2.45) is 0 Å². The fourth-order valence-electron chi connectivity index (χ4n) is 2.72. The van der Waals surface area contributed by atoms with E-state index in [0.29, 0.717) is 5.56 Å². The van der Waals surface area contributed by atoms with Crippen molar-refractivity contribution in [2.45, 2.75) is 23.6 Å². The van der Waals surface area contributed by atoms with Crippen LogP contribution in [0.5, 0.6) is 11.5 Å². The largest absolute Gasteiger partial charge is 0.457 e. The van der Waals surface area contributed by atoms with E-state index in [9.17, 15) is 17.9 Å². The van der Waals surface area contributed by atoms with Gasteiger partial charge < -0.3 is 9.84 Å². The van der Waals surface area contributed by atoms with Crippen LogP contribution in [0.25, 0.3) is 4.85 Å². The fraction of sp³-hybridized carbons (Fsp3) is 0.250. The zero-order chi connectivity index (χ0) is 17.5. The average Bonchev–Trinajstić information content (AvgIpc) is 2.83. The van der Waals surface area contributed by atoms with Crippen LogP contribution < -0.4 is 4.74 Å². The highest BCUT2D eigenvalue weighted by Crippen LogP contribution is 2.43. The number of rotatable bonds is 3. The molecule has 0 bridgehead atoms. The van der Waals surface area contributed by atoms with E-state index >= 15 is 0 Å². The second-order valence-electron chi connectivity index (χ2n) is 5.48. The molecule has 1 N–H and O–H groups in total. The Morgan fingerprint density at radius 2 is 2.17 bits per heavy atom. The van der Waals surface area contributed by atoms with Gasteiger partial charge in [-0.3, -0.25) is 4.98 Å². The van der Waals surface area contributed by atoms with Crippen molar-refractivity contribution in [3.05, 3.63) is 53.1 Å². The highest BCUT2D eigenvalue weighted by atomic mass is 32.2. The zero-order valence-corrected chi connectivity index (χ0v) is 13.4. The number of halogens is 1. The minimum Gasteiger partial charge on any atom is -0.457 e. The standard InChI is InChI=1S/C16H13FN2O4S/c1-18-9-5-10(8-19-7-9)23-13-3-4-14(24(2,21)22)15-11(13)6-12(17)16(15)20/h3-5,7-8,12,16,20H,6H2,2H3/t12-,16-/m1/s1. The third-order valence-electron chi connectivity index (χ3n) is 3.77. The van der Waals surface area contributed by atoms with E-state index in [1.165, 1.54) is 30.6 Å². The maximum atomic E-state index is 14.0. The van der Waals surface area contributed by atoms with Crippen LogP contribution in [0.1, 0.15) is 17.2 Å². The Bertz CT molecular complexity index is 953. The van der Waals surface area contributed by atoms with Crippen LogP contribution in [0.2, 0.25) is 0 Å². The van der Waals surface area contributed by atoms with Gasteiger partial charge in [0, 0.05) is 30.0 Å². The molecular formula is C16H13FN2O4S. The van der Waals surface area contributed by atoms with Crippen LogP contribution in [0.3, 0.4) is 0 Å². The van der Waals surface area contributed by atoms with Crippen LogP contribution in [0, 0.1) is 6.57 Å². The molecule has 1 aromatic carbocycles. The highest BCUT2D eigenvalue weighted by Gasteiger charge is 2.37. The van der Waals surface area contributed by atoms with Crippen molar-refractivity contribution in [1.82, 2.24) is 4.98 Å². The normalized spacial score (nSPS) is 19.6. The molecule has 1 aliphatic carbocycles. The van der Waals surface area contributed by atoms with Gasteiger partial charge >= 0.3 is 0 Å². The Kier molecular flexibility index (Phi) is 3.99. The van der Waals surface area contributed by atoms with Crippen LogP contribution >= 0.6 is 0 Å².